The maximum Gasteiger partial charge on any atom is 0.268 e. The number of thioether (sulfide) groups is 1. The van der Waals surface area contributed by atoms with Gasteiger partial charge >= 0.3 is 0 Å². The van der Waals surface area contributed by atoms with Crippen molar-refractivity contribution < 1.29 is 23.7 Å². The summed E-state index contributed by atoms with van der Waals surface area (Å²) < 4.78 is 26.7. The number of ether oxygens (including phenoxy) is 4. The Morgan fingerprint density at radius 3 is 2.53 bits per heavy atom. The summed E-state index contributed by atoms with van der Waals surface area (Å²) >= 11 is 2.52. The van der Waals surface area contributed by atoms with E-state index in [0.717, 1.165) is 28.6 Å². The van der Waals surface area contributed by atoms with Crippen molar-refractivity contribution in [1.82, 2.24) is 9.36 Å². The first-order chi connectivity index (χ1) is 17.5. The van der Waals surface area contributed by atoms with Gasteiger partial charge in [0.05, 0.1) is 14.2 Å². The van der Waals surface area contributed by atoms with Crippen LogP contribution in [0.1, 0.15) is 18.1 Å². The molecule has 11 heteroatoms. The first-order valence-electron chi connectivity index (χ1n) is 10.9. The third-order valence-corrected chi connectivity index (χ3v) is 6.12. The number of anilines is 1. The van der Waals surface area contributed by atoms with E-state index in [1.54, 1.807) is 12.1 Å². The van der Waals surface area contributed by atoms with Gasteiger partial charge < -0.3 is 18.9 Å². The Hall–Kier alpha value is -3.75. The highest BCUT2D eigenvalue weighted by molar-refractivity contribution is 7.99. The second-order valence-corrected chi connectivity index (χ2v) is 9.19. The van der Waals surface area contributed by atoms with Crippen LogP contribution in [0.15, 0.2) is 47.1 Å². The standard InChI is InChI=1S/C25H26N4O5S2/c1-5-35-25-28-24(36-29-25)27-23(30)18(15-26)12-17-13-20(31-3)22(21(14-17)32-4)34-10-9-33-19-8-6-7-16(2)11-19/h6-8,11-14H,5,9-10H2,1-4H3,(H,27,28,29,30). The van der Waals surface area contributed by atoms with Gasteiger partial charge in [0.1, 0.15) is 30.6 Å². The van der Waals surface area contributed by atoms with E-state index in [9.17, 15) is 10.1 Å². The van der Waals surface area contributed by atoms with E-state index >= 15 is 0 Å². The van der Waals surface area contributed by atoms with Crippen LogP contribution < -0.4 is 24.3 Å². The minimum Gasteiger partial charge on any atom is -0.493 e. The number of hydrogen-bond donors (Lipinski definition) is 1. The molecule has 0 saturated carbocycles. The van der Waals surface area contributed by atoms with Crippen LogP contribution in [0.25, 0.3) is 6.08 Å². The van der Waals surface area contributed by atoms with Crippen LogP contribution in [0.3, 0.4) is 0 Å². The summed E-state index contributed by atoms with van der Waals surface area (Å²) in [7, 11) is 3.00. The zero-order valence-corrected chi connectivity index (χ0v) is 22.0. The van der Waals surface area contributed by atoms with Crippen LogP contribution in [0.5, 0.6) is 23.0 Å². The van der Waals surface area contributed by atoms with Crippen molar-refractivity contribution >= 4 is 40.4 Å². The summed E-state index contributed by atoms with van der Waals surface area (Å²) in [6.07, 6.45) is 1.44. The van der Waals surface area contributed by atoms with Crippen molar-refractivity contribution in [2.24, 2.45) is 0 Å². The average molecular weight is 527 g/mol. The Labute approximate surface area is 218 Å². The molecule has 0 aliphatic heterocycles. The molecule has 2 aromatic carbocycles. The Bertz CT molecular complexity index is 1240. The monoisotopic (exact) mass is 526 g/mol. The lowest BCUT2D eigenvalue weighted by atomic mass is 10.1. The number of rotatable bonds is 12. The molecule has 9 nitrogen and oxygen atoms in total. The summed E-state index contributed by atoms with van der Waals surface area (Å²) in [5.41, 5.74) is 1.52. The summed E-state index contributed by atoms with van der Waals surface area (Å²) in [4.78, 5) is 16.9. The molecular weight excluding hydrogens is 500 g/mol. The lowest BCUT2D eigenvalue weighted by Gasteiger charge is -2.16. The summed E-state index contributed by atoms with van der Waals surface area (Å²) in [5, 5.41) is 13.1. The second kappa shape index (κ2) is 13.4. The number of amides is 1. The highest BCUT2D eigenvalue weighted by Crippen LogP contribution is 2.39. The molecule has 1 N–H and O–H groups in total. The van der Waals surface area contributed by atoms with Crippen LogP contribution in [0.2, 0.25) is 0 Å². The van der Waals surface area contributed by atoms with Crippen LogP contribution in [0.4, 0.5) is 5.13 Å². The molecule has 0 unspecified atom stereocenters. The van der Waals surface area contributed by atoms with Gasteiger partial charge in [0.15, 0.2) is 11.5 Å². The summed E-state index contributed by atoms with van der Waals surface area (Å²) in [5.74, 6) is 2.15. The molecule has 1 aromatic heterocycles. The van der Waals surface area contributed by atoms with E-state index in [1.807, 2.05) is 44.2 Å². The number of nitriles is 1. The Kier molecular flexibility index (Phi) is 9.97. The highest BCUT2D eigenvalue weighted by atomic mass is 32.2. The third kappa shape index (κ3) is 7.37. The molecule has 0 spiro atoms. The van der Waals surface area contributed by atoms with Crippen LogP contribution >= 0.6 is 23.3 Å². The molecule has 3 aromatic rings. The van der Waals surface area contributed by atoms with E-state index in [1.165, 1.54) is 32.1 Å². The van der Waals surface area contributed by atoms with Crippen molar-refractivity contribution in [3.05, 3.63) is 53.1 Å². The van der Waals surface area contributed by atoms with Crippen molar-refractivity contribution in [2.75, 3.05) is 38.5 Å². The highest BCUT2D eigenvalue weighted by Gasteiger charge is 2.17. The van der Waals surface area contributed by atoms with Gasteiger partial charge in [-0.1, -0.05) is 30.8 Å². The zero-order chi connectivity index (χ0) is 25.9. The second-order valence-electron chi connectivity index (χ2n) is 7.21. The minimum atomic E-state index is -0.590. The first-order valence-corrected chi connectivity index (χ1v) is 12.7. The lowest BCUT2D eigenvalue weighted by molar-refractivity contribution is -0.112. The van der Waals surface area contributed by atoms with Gasteiger partial charge in [-0.05, 0) is 54.1 Å². The third-order valence-electron chi connectivity index (χ3n) is 4.65. The Morgan fingerprint density at radius 1 is 1.17 bits per heavy atom. The number of nitrogens with zero attached hydrogens (tertiary/aromatic N) is 3. The molecule has 0 aliphatic carbocycles. The fourth-order valence-corrected chi connectivity index (χ4v) is 4.33. The van der Waals surface area contributed by atoms with Crippen molar-refractivity contribution in [2.45, 2.75) is 19.0 Å². The molecular formula is C25H26N4O5S2. The van der Waals surface area contributed by atoms with E-state index < -0.39 is 5.91 Å². The van der Waals surface area contributed by atoms with Gasteiger partial charge in [0.25, 0.3) is 5.91 Å². The number of aryl methyl sites for hydroxylation is 1. The molecule has 3 rings (SSSR count). The van der Waals surface area contributed by atoms with Crippen molar-refractivity contribution in [3.63, 3.8) is 0 Å². The van der Waals surface area contributed by atoms with Gasteiger partial charge in [0.2, 0.25) is 16.0 Å². The summed E-state index contributed by atoms with van der Waals surface area (Å²) in [6, 6.07) is 13.0. The number of carbonyl (C=O) groups excluding carboxylic acids is 1. The smallest absolute Gasteiger partial charge is 0.268 e. The number of hydrogen-bond acceptors (Lipinski definition) is 10. The molecule has 188 valence electrons. The largest absolute Gasteiger partial charge is 0.493 e. The zero-order valence-electron chi connectivity index (χ0n) is 20.4. The molecule has 0 fully saturated rings. The molecule has 1 amide bonds. The molecule has 0 bridgehead atoms. The quantitative estimate of drug-likeness (QED) is 0.151. The van der Waals surface area contributed by atoms with E-state index in [2.05, 4.69) is 14.7 Å². The van der Waals surface area contributed by atoms with E-state index in [4.69, 9.17) is 18.9 Å². The van der Waals surface area contributed by atoms with E-state index in [0.29, 0.717) is 39.7 Å². The molecule has 1 heterocycles. The predicted octanol–water partition coefficient (Wildman–Crippen LogP) is 4.98. The fourth-order valence-electron chi connectivity index (χ4n) is 3.06. The average Bonchev–Trinajstić information content (AvgIpc) is 3.31. The SMILES string of the molecule is CCSc1nsc(NC(=O)C(C#N)=Cc2cc(OC)c(OCCOc3cccc(C)c3)c(OC)c2)n1. The normalized spacial score (nSPS) is 10.9. The number of methoxy groups -OCH3 is 2. The fraction of sp³-hybridized carbons (Fsp3) is 0.280. The van der Waals surface area contributed by atoms with Crippen LogP contribution in [-0.2, 0) is 4.79 Å². The van der Waals surface area contributed by atoms with Gasteiger partial charge in [0, 0.05) is 11.5 Å². The topological polar surface area (TPSA) is 116 Å². The molecule has 0 aliphatic rings. The minimum absolute atomic E-state index is 0.112. The maximum absolute atomic E-state index is 12.6. The molecule has 0 atom stereocenters. The van der Waals surface area contributed by atoms with E-state index in [-0.39, 0.29) is 12.2 Å². The Morgan fingerprint density at radius 2 is 1.89 bits per heavy atom. The maximum atomic E-state index is 12.6. The van der Waals surface area contributed by atoms with Crippen molar-refractivity contribution in [3.8, 4) is 29.1 Å². The molecule has 0 radical (unpaired) electrons. The van der Waals surface area contributed by atoms with Gasteiger partial charge in [-0.3, -0.25) is 10.1 Å². The molecule has 0 saturated heterocycles. The van der Waals surface area contributed by atoms with Gasteiger partial charge in [-0.15, -0.1) is 0 Å². The van der Waals surface area contributed by atoms with Gasteiger partial charge in [-0.2, -0.15) is 14.6 Å². The van der Waals surface area contributed by atoms with Gasteiger partial charge in [-0.25, -0.2) is 0 Å². The number of aromatic nitrogens is 2. The number of nitrogens with one attached hydrogen (secondary N) is 1. The summed E-state index contributed by atoms with van der Waals surface area (Å²) in [6.45, 7) is 4.55. The van der Waals surface area contributed by atoms with Crippen molar-refractivity contribution in [1.29, 1.82) is 5.26 Å². The molecule has 36 heavy (non-hydrogen) atoms. The number of carbonyl (C=O) groups is 1. The number of benzene rings is 2. The Balaban J connectivity index is 1.72. The predicted molar refractivity (Wildman–Crippen MR) is 140 cm³/mol. The lowest BCUT2D eigenvalue weighted by Crippen LogP contribution is -2.13. The van der Waals surface area contributed by atoms with Crippen LogP contribution in [-0.4, -0.2) is 48.5 Å². The van der Waals surface area contributed by atoms with Crippen LogP contribution in [0, 0.1) is 18.3 Å². The first kappa shape index (κ1) is 26.8.